The van der Waals surface area contributed by atoms with E-state index in [0.717, 1.165) is 25.3 Å². The summed E-state index contributed by atoms with van der Waals surface area (Å²) in [6.07, 6.45) is 5.57. The van der Waals surface area contributed by atoms with Crippen molar-refractivity contribution in [2.24, 2.45) is 0 Å². The Bertz CT molecular complexity index is 794. The number of benzene rings is 1. The molecule has 0 aromatic heterocycles. The molecule has 0 N–H and O–H groups in total. The summed E-state index contributed by atoms with van der Waals surface area (Å²) in [6, 6.07) is 6.54. The molecule has 28 heavy (non-hydrogen) atoms. The molecule has 0 radical (unpaired) electrons. The molecule has 0 bridgehead atoms. The normalized spacial score (nSPS) is 16.8. The molecule has 0 spiro atoms. The van der Waals surface area contributed by atoms with E-state index in [1.54, 1.807) is 13.1 Å². The number of amides is 1. The minimum atomic E-state index is -1.03. The molecular weight excluding hydrogens is 363 g/mol. The standard InChI is InChI=1S/C21H25FN2O4/c1-15(20(26)24(2)21(14-23)11-5-4-6-12-21)28-19(25)10-8-16-7-9-18(27-3)17(22)13-16/h7-10,13,15H,4-6,11-12H2,1-3H3/b10-8+/t15-/m1/s1. The summed E-state index contributed by atoms with van der Waals surface area (Å²) < 4.78 is 23.7. The highest BCUT2D eigenvalue weighted by Gasteiger charge is 2.40. The van der Waals surface area contributed by atoms with Crippen molar-refractivity contribution in [2.45, 2.75) is 50.7 Å². The van der Waals surface area contributed by atoms with Crippen molar-refractivity contribution in [3.63, 3.8) is 0 Å². The van der Waals surface area contributed by atoms with Gasteiger partial charge in [-0.15, -0.1) is 0 Å². The lowest BCUT2D eigenvalue weighted by Gasteiger charge is -2.39. The van der Waals surface area contributed by atoms with Gasteiger partial charge in [0.15, 0.2) is 17.7 Å². The van der Waals surface area contributed by atoms with E-state index in [9.17, 15) is 19.2 Å². The number of hydrogen-bond donors (Lipinski definition) is 0. The van der Waals surface area contributed by atoms with Crippen LogP contribution in [-0.4, -0.2) is 42.6 Å². The molecule has 1 aromatic rings. The second-order valence-corrected chi connectivity index (χ2v) is 6.91. The van der Waals surface area contributed by atoms with Gasteiger partial charge in [0.25, 0.3) is 5.91 Å². The lowest BCUT2D eigenvalue weighted by molar-refractivity contribution is -0.157. The van der Waals surface area contributed by atoms with Crippen LogP contribution in [0.1, 0.15) is 44.6 Å². The first-order valence-corrected chi connectivity index (χ1v) is 9.24. The van der Waals surface area contributed by atoms with Crippen molar-refractivity contribution < 1.29 is 23.5 Å². The second-order valence-electron chi connectivity index (χ2n) is 6.91. The van der Waals surface area contributed by atoms with Crippen LogP contribution < -0.4 is 4.74 Å². The number of methoxy groups -OCH3 is 1. The van der Waals surface area contributed by atoms with Gasteiger partial charge in [0.2, 0.25) is 0 Å². The molecule has 0 aliphatic heterocycles. The molecule has 2 rings (SSSR count). The lowest BCUT2D eigenvalue weighted by atomic mass is 9.81. The van der Waals surface area contributed by atoms with Gasteiger partial charge in [0.1, 0.15) is 5.54 Å². The molecular formula is C21H25FN2O4. The molecule has 1 fully saturated rings. The van der Waals surface area contributed by atoms with E-state index in [4.69, 9.17) is 9.47 Å². The van der Waals surface area contributed by atoms with Crippen LogP contribution in [0.15, 0.2) is 24.3 Å². The van der Waals surface area contributed by atoms with Gasteiger partial charge in [-0.3, -0.25) is 4.79 Å². The quantitative estimate of drug-likeness (QED) is 0.551. The van der Waals surface area contributed by atoms with Gasteiger partial charge < -0.3 is 14.4 Å². The Balaban J connectivity index is 1.98. The van der Waals surface area contributed by atoms with Crippen LogP contribution in [0, 0.1) is 17.1 Å². The number of nitriles is 1. The highest BCUT2D eigenvalue weighted by Crippen LogP contribution is 2.32. The van der Waals surface area contributed by atoms with Crippen molar-refractivity contribution in [3.8, 4) is 11.8 Å². The maximum Gasteiger partial charge on any atom is 0.331 e. The monoisotopic (exact) mass is 388 g/mol. The molecule has 1 aliphatic carbocycles. The minimum absolute atomic E-state index is 0.108. The summed E-state index contributed by atoms with van der Waals surface area (Å²) in [5.41, 5.74) is -0.385. The van der Waals surface area contributed by atoms with Crippen LogP contribution in [0.5, 0.6) is 5.75 Å². The molecule has 1 saturated carbocycles. The molecule has 0 unspecified atom stereocenters. The molecule has 1 amide bonds. The maximum atomic E-state index is 13.7. The van der Waals surface area contributed by atoms with Gasteiger partial charge in [-0.1, -0.05) is 25.3 Å². The smallest absolute Gasteiger partial charge is 0.331 e. The molecule has 1 atom stereocenters. The Labute approximate surface area is 164 Å². The Hall–Kier alpha value is -2.88. The number of nitrogens with zero attached hydrogens (tertiary/aromatic N) is 2. The SMILES string of the molecule is COc1ccc(/C=C/C(=O)O[C@H](C)C(=O)N(C)C2(C#N)CCCCC2)cc1F. The molecule has 7 heteroatoms. The first kappa shape index (κ1) is 21.4. The zero-order valence-electron chi connectivity index (χ0n) is 16.4. The van der Waals surface area contributed by atoms with Crippen molar-refractivity contribution in [1.29, 1.82) is 5.26 Å². The number of ether oxygens (including phenoxy) is 2. The predicted octanol–water partition coefficient (Wildman–Crippen LogP) is 3.46. The zero-order chi connectivity index (χ0) is 20.7. The fraction of sp³-hybridized carbons (Fsp3) is 0.476. The van der Waals surface area contributed by atoms with E-state index in [-0.39, 0.29) is 5.75 Å². The Morgan fingerprint density at radius 2 is 2.00 bits per heavy atom. The summed E-state index contributed by atoms with van der Waals surface area (Å²) in [7, 11) is 2.95. The van der Waals surface area contributed by atoms with Crippen molar-refractivity contribution >= 4 is 18.0 Å². The third-order valence-corrected chi connectivity index (χ3v) is 5.09. The zero-order valence-corrected chi connectivity index (χ0v) is 16.4. The van der Waals surface area contributed by atoms with Gasteiger partial charge in [-0.05, 0) is 43.5 Å². The second kappa shape index (κ2) is 9.36. The number of carbonyl (C=O) groups is 2. The molecule has 150 valence electrons. The number of carbonyl (C=O) groups excluding carboxylic acids is 2. The highest BCUT2D eigenvalue weighted by atomic mass is 19.1. The molecule has 1 aromatic carbocycles. The van der Waals surface area contributed by atoms with Crippen LogP contribution in [0.4, 0.5) is 4.39 Å². The Kier molecular flexibility index (Phi) is 7.16. The molecule has 6 nitrogen and oxygen atoms in total. The highest BCUT2D eigenvalue weighted by molar-refractivity contribution is 5.90. The van der Waals surface area contributed by atoms with Crippen LogP contribution in [0.25, 0.3) is 6.08 Å². The van der Waals surface area contributed by atoms with Gasteiger partial charge in [-0.25, -0.2) is 9.18 Å². The van der Waals surface area contributed by atoms with Crippen LogP contribution in [0.2, 0.25) is 0 Å². The average Bonchev–Trinajstić information content (AvgIpc) is 2.71. The topological polar surface area (TPSA) is 79.6 Å². The Morgan fingerprint density at radius 3 is 2.57 bits per heavy atom. The van der Waals surface area contributed by atoms with Crippen LogP contribution >= 0.6 is 0 Å². The van der Waals surface area contributed by atoms with Crippen molar-refractivity contribution in [3.05, 3.63) is 35.7 Å². The van der Waals surface area contributed by atoms with E-state index in [1.807, 2.05) is 0 Å². The molecule has 0 heterocycles. The summed E-state index contributed by atoms with van der Waals surface area (Å²) in [6.45, 7) is 1.48. The number of esters is 1. The van der Waals surface area contributed by atoms with E-state index in [1.165, 1.54) is 37.1 Å². The summed E-state index contributed by atoms with van der Waals surface area (Å²) in [4.78, 5) is 26.1. The van der Waals surface area contributed by atoms with Gasteiger partial charge in [-0.2, -0.15) is 5.26 Å². The van der Waals surface area contributed by atoms with Gasteiger partial charge in [0.05, 0.1) is 13.2 Å². The minimum Gasteiger partial charge on any atom is -0.494 e. The largest absolute Gasteiger partial charge is 0.494 e. The number of hydrogen-bond acceptors (Lipinski definition) is 5. The molecule has 1 aliphatic rings. The first-order valence-electron chi connectivity index (χ1n) is 9.24. The fourth-order valence-corrected chi connectivity index (χ4v) is 3.36. The molecule has 0 saturated heterocycles. The predicted molar refractivity (Wildman–Crippen MR) is 102 cm³/mol. The van der Waals surface area contributed by atoms with E-state index >= 15 is 0 Å². The first-order chi connectivity index (χ1) is 13.3. The third kappa shape index (κ3) is 4.89. The lowest BCUT2D eigenvalue weighted by Crippen LogP contribution is -2.53. The Morgan fingerprint density at radius 1 is 1.32 bits per heavy atom. The van der Waals surface area contributed by atoms with Gasteiger partial charge >= 0.3 is 5.97 Å². The average molecular weight is 388 g/mol. The third-order valence-electron chi connectivity index (χ3n) is 5.09. The van der Waals surface area contributed by atoms with Crippen molar-refractivity contribution in [2.75, 3.05) is 14.2 Å². The van der Waals surface area contributed by atoms with E-state index < -0.39 is 29.3 Å². The summed E-state index contributed by atoms with van der Waals surface area (Å²) in [5.74, 6) is -1.57. The maximum absolute atomic E-state index is 13.7. The number of rotatable bonds is 6. The van der Waals surface area contributed by atoms with E-state index in [0.29, 0.717) is 18.4 Å². The summed E-state index contributed by atoms with van der Waals surface area (Å²) >= 11 is 0. The van der Waals surface area contributed by atoms with E-state index in [2.05, 4.69) is 6.07 Å². The van der Waals surface area contributed by atoms with Crippen LogP contribution in [0.3, 0.4) is 0 Å². The number of halogens is 1. The fourth-order valence-electron chi connectivity index (χ4n) is 3.36. The summed E-state index contributed by atoms with van der Waals surface area (Å²) in [5, 5.41) is 9.59. The van der Waals surface area contributed by atoms with Gasteiger partial charge in [0, 0.05) is 13.1 Å². The number of likely N-dealkylation sites (N-methyl/N-ethyl adjacent to an activating group) is 1. The van der Waals surface area contributed by atoms with Crippen molar-refractivity contribution in [1.82, 2.24) is 4.90 Å². The van der Waals surface area contributed by atoms with Crippen LogP contribution in [-0.2, 0) is 14.3 Å².